The van der Waals surface area contributed by atoms with E-state index in [4.69, 9.17) is 10.5 Å². The van der Waals surface area contributed by atoms with Crippen molar-refractivity contribution in [2.45, 2.75) is 83.0 Å². The maximum Gasteiger partial charge on any atom is 0.249 e. The maximum atomic E-state index is 12.7. The van der Waals surface area contributed by atoms with Gasteiger partial charge in [0.15, 0.2) is 0 Å². The Labute approximate surface area is 145 Å². The Morgan fingerprint density at radius 2 is 2.04 bits per heavy atom. The van der Waals surface area contributed by atoms with Gasteiger partial charge >= 0.3 is 0 Å². The minimum Gasteiger partial charge on any atom is -0.399 e. The number of fused-ring (bicyclic) bond motifs is 1. The number of hydrogen-bond acceptors (Lipinski definition) is 3. The molecule has 1 amide bonds. The highest BCUT2D eigenvalue weighted by molar-refractivity contribution is 5.81. The van der Waals surface area contributed by atoms with Crippen molar-refractivity contribution >= 4 is 11.6 Å². The minimum absolute atomic E-state index is 0.0396. The molecule has 24 heavy (non-hydrogen) atoms. The number of carbonyl (C=O) groups excluding carboxylic acids is 1. The first-order valence-electron chi connectivity index (χ1n) is 9.51. The van der Waals surface area contributed by atoms with Crippen LogP contribution in [0.1, 0.15) is 75.5 Å². The summed E-state index contributed by atoms with van der Waals surface area (Å²) in [4.78, 5) is 12.7. The van der Waals surface area contributed by atoms with Gasteiger partial charge in [0.1, 0.15) is 6.10 Å². The lowest BCUT2D eigenvalue weighted by Crippen LogP contribution is -2.41. The zero-order valence-corrected chi connectivity index (χ0v) is 14.7. The van der Waals surface area contributed by atoms with Crippen molar-refractivity contribution in [3.05, 3.63) is 29.3 Å². The van der Waals surface area contributed by atoms with Crippen molar-refractivity contribution < 1.29 is 9.53 Å². The fourth-order valence-corrected chi connectivity index (χ4v) is 4.03. The topological polar surface area (TPSA) is 64.3 Å². The largest absolute Gasteiger partial charge is 0.399 e. The Morgan fingerprint density at radius 3 is 2.79 bits per heavy atom. The lowest BCUT2D eigenvalue weighted by atomic mass is 9.87. The van der Waals surface area contributed by atoms with Crippen LogP contribution in [0.3, 0.4) is 0 Å². The lowest BCUT2D eigenvalue weighted by Gasteiger charge is -2.30. The molecule has 0 heterocycles. The van der Waals surface area contributed by atoms with Gasteiger partial charge in [-0.25, -0.2) is 0 Å². The normalized spacial score (nSPS) is 22.6. The highest BCUT2D eigenvalue weighted by atomic mass is 16.5. The summed E-state index contributed by atoms with van der Waals surface area (Å²) in [6.07, 6.45) is 9.70. The van der Waals surface area contributed by atoms with Crippen LogP contribution < -0.4 is 11.1 Å². The number of nitrogens with two attached hydrogens (primary N) is 1. The highest BCUT2D eigenvalue weighted by Crippen LogP contribution is 2.31. The van der Waals surface area contributed by atoms with E-state index in [1.165, 1.54) is 30.4 Å². The smallest absolute Gasteiger partial charge is 0.249 e. The van der Waals surface area contributed by atoms with Crippen LogP contribution in [-0.2, 0) is 16.0 Å². The van der Waals surface area contributed by atoms with E-state index in [0.717, 1.165) is 44.2 Å². The molecule has 4 nitrogen and oxygen atoms in total. The molecule has 0 aromatic heterocycles. The highest BCUT2D eigenvalue weighted by Gasteiger charge is 2.27. The summed E-state index contributed by atoms with van der Waals surface area (Å²) in [6, 6.07) is 6.13. The number of anilines is 1. The van der Waals surface area contributed by atoms with E-state index in [0.29, 0.717) is 0 Å². The first-order chi connectivity index (χ1) is 11.7. The van der Waals surface area contributed by atoms with E-state index in [2.05, 4.69) is 11.4 Å². The number of benzene rings is 1. The van der Waals surface area contributed by atoms with E-state index in [-0.39, 0.29) is 24.2 Å². The molecule has 0 bridgehead atoms. The predicted molar refractivity (Wildman–Crippen MR) is 96.7 cm³/mol. The van der Waals surface area contributed by atoms with Crippen LogP contribution >= 0.6 is 0 Å². The van der Waals surface area contributed by atoms with Gasteiger partial charge in [-0.1, -0.05) is 32.3 Å². The Kier molecular flexibility index (Phi) is 5.77. The number of nitrogen functional groups attached to an aromatic ring is 1. The monoisotopic (exact) mass is 330 g/mol. The second-order valence-corrected chi connectivity index (χ2v) is 7.20. The van der Waals surface area contributed by atoms with E-state index < -0.39 is 0 Å². The molecule has 0 spiro atoms. The van der Waals surface area contributed by atoms with Gasteiger partial charge in [-0.2, -0.15) is 0 Å². The standard InChI is InChI=1S/C20H30N2O2/c1-2-19(24-16-8-4-3-5-9-16)20(23)22-18-10-6-7-14-13-15(21)11-12-17(14)18/h11-13,16,18-19H,2-10,21H2,1H3,(H,22,23). The van der Waals surface area contributed by atoms with Crippen LogP contribution in [0, 0.1) is 0 Å². The summed E-state index contributed by atoms with van der Waals surface area (Å²) in [5, 5.41) is 3.23. The summed E-state index contributed by atoms with van der Waals surface area (Å²) < 4.78 is 6.12. The van der Waals surface area contributed by atoms with Crippen molar-refractivity contribution in [1.82, 2.24) is 5.32 Å². The average molecular weight is 330 g/mol. The summed E-state index contributed by atoms with van der Waals surface area (Å²) in [5.41, 5.74) is 9.18. The fourth-order valence-electron chi connectivity index (χ4n) is 4.03. The van der Waals surface area contributed by atoms with Gasteiger partial charge in [0, 0.05) is 5.69 Å². The molecular weight excluding hydrogens is 300 g/mol. The number of hydrogen-bond donors (Lipinski definition) is 2. The minimum atomic E-state index is -0.327. The van der Waals surface area contributed by atoms with Gasteiger partial charge in [0.25, 0.3) is 0 Å². The molecule has 0 radical (unpaired) electrons. The van der Waals surface area contributed by atoms with Crippen LogP contribution in [0.4, 0.5) is 5.69 Å². The Bertz CT molecular complexity index is 567. The van der Waals surface area contributed by atoms with Gasteiger partial charge in [-0.3, -0.25) is 4.79 Å². The molecule has 3 rings (SSSR count). The van der Waals surface area contributed by atoms with Crippen molar-refractivity contribution in [3.8, 4) is 0 Å². The number of rotatable bonds is 5. The second-order valence-electron chi connectivity index (χ2n) is 7.20. The summed E-state index contributed by atoms with van der Waals surface area (Å²) in [6.45, 7) is 2.03. The zero-order chi connectivity index (χ0) is 16.9. The Morgan fingerprint density at radius 1 is 1.25 bits per heavy atom. The third-order valence-electron chi connectivity index (χ3n) is 5.37. The van der Waals surface area contributed by atoms with E-state index in [9.17, 15) is 4.79 Å². The number of ether oxygens (including phenoxy) is 1. The van der Waals surface area contributed by atoms with Crippen molar-refractivity contribution in [2.75, 3.05) is 5.73 Å². The van der Waals surface area contributed by atoms with Crippen molar-refractivity contribution in [1.29, 1.82) is 0 Å². The van der Waals surface area contributed by atoms with Gasteiger partial charge in [0.2, 0.25) is 5.91 Å². The molecule has 0 aliphatic heterocycles. The number of carbonyl (C=O) groups is 1. The van der Waals surface area contributed by atoms with E-state index >= 15 is 0 Å². The van der Waals surface area contributed by atoms with Gasteiger partial charge in [-0.05, 0) is 61.8 Å². The average Bonchev–Trinajstić information content (AvgIpc) is 2.60. The molecule has 132 valence electrons. The predicted octanol–water partition coefficient (Wildman–Crippen LogP) is 3.89. The van der Waals surface area contributed by atoms with Gasteiger partial charge < -0.3 is 15.8 Å². The first-order valence-corrected chi connectivity index (χ1v) is 9.51. The number of amides is 1. The fraction of sp³-hybridized carbons (Fsp3) is 0.650. The third kappa shape index (κ3) is 4.10. The van der Waals surface area contributed by atoms with Gasteiger partial charge in [-0.15, -0.1) is 0 Å². The third-order valence-corrected chi connectivity index (χ3v) is 5.37. The molecule has 4 heteroatoms. The molecule has 2 atom stereocenters. The molecular formula is C20H30N2O2. The SMILES string of the molecule is CCC(OC1CCCCC1)C(=O)NC1CCCc2cc(N)ccc21. The zero-order valence-electron chi connectivity index (χ0n) is 14.7. The molecule has 2 unspecified atom stereocenters. The molecule has 1 aromatic carbocycles. The molecule has 3 N–H and O–H groups in total. The van der Waals surface area contributed by atoms with Crippen LogP contribution in [0.2, 0.25) is 0 Å². The van der Waals surface area contributed by atoms with E-state index in [1.807, 2.05) is 19.1 Å². The Hall–Kier alpha value is -1.55. The molecule has 1 aromatic rings. The molecule has 2 aliphatic carbocycles. The molecule has 0 saturated heterocycles. The van der Waals surface area contributed by atoms with Crippen molar-refractivity contribution in [3.63, 3.8) is 0 Å². The van der Waals surface area contributed by atoms with E-state index in [1.54, 1.807) is 0 Å². The quantitative estimate of drug-likeness (QED) is 0.805. The molecule has 1 saturated carbocycles. The van der Waals surface area contributed by atoms with Crippen LogP contribution in [0.25, 0.3) is 0 Å². The van der Waals surface area contributed by atoms with Crippen molar-refractivity contribution in [2.24, 2.45) is 0 Å². The first kappa shape index (κ1) is 17.3. The summed E-state index contributed by atoms with van der Waals surface area (Å²) in [7, 11) is 0. The maximum absolute atomic E-state index is 12.7. The summed E-state index contributed by atoms with van der Waals surface area (Å²) in [5.74, 6) is 0.0396. The van der Waals surface area contributed by atoms with Gasteiger partial charge in [0.05, 0.1) is 12.1 Å². The molecule has 2 aliphatic rings. The van der Waals surface area contributed by atoms with Crippen LogP contribution in [0.15, 0.2) is 18.2 Å². The molecule has 1 fully saturated rings. The number of nitrogens with one attached hydrogen (secondary N) is 1. The second kappa shape index (κ2) is 8.02. The van der Waals surface area contributed by atoms with Crippen LogP contribution in [-0.4, -0.2) is 18.1 Å². The van der Waals surface area contributed by atoms with Crippen LogP contribution in [0.5, 0.6) is 0 Å². The number of aryl methyl sites for hydroxylation is 1. The lowest BCUT2D eigenvalue weighted by molar-refractivity contribution is -0.139. The summed E-state index contributed by atoms with van der Waals surface area (Å²) >= 11 is 0. The Balaban J connectivity index is 1.63.